The van der Waals surface area contributed by atoms with Crippen molar-refractivity contribution in [2.75, 3.05) is 34.8 Å². The van der Waals surface area contributed by atoms with Crippen molar-refractivity contribution in [1.29, 1.82) is 0 Å². The van der Waals surface area contributed by atoms with Crippen molar-refractivity contribution >= 4 is 57.6 Å². The Hall–Kier alpha value is -2.81. The maximum Gasteiger partial charge on any atom is 0.227 e. The van der Waals surface area contributed by atoms with E-state index in [9.17, 15) is 4.39 Å². The van der Waals surface area contributed by atoms with E-state index in [2.05, 4.69) is 66.1 Å². The van der Waals surface area contributed by atoms with Crippen LogP contribution in [-0.2, 0) is 4.74 Å². The Balaban J connectivity index is 1.37. The number of benzene rings is 1. The highest BCUT2D eigenvalue weighted by atomic mass is 19.1. The number of alkyl halides is 1. The van der Waals surface area contributed by atoms with Crippen LogP contribution in [0.3, 0.4) is 0 Å². The van der Waals surface area contributed by atoms with Gasteiger partial charge in [-0.05, 0) is 59.6 Å². The maximum atomic E-state index is 14.8. The third-order valence-corrected chi connectivity index (χ3v) is 7.66. The number of hydrogen-bond donors (Lipinski definition) is 1. The average molecular weight is 508 g/mol. The second-order valence-electron chi connectivity index (χ2n) is 10.9. The molecule has 0 spiro atoms. The molecule has 2 aliphatic rings. The molecule has 0 saturated carbocycles. The number of pyridine rings is 1. The summed E-state index contributed by atoms with van der Waals surface area (Å²) < 4.78 is 20.0. The van der Waals surface area contributed by atoms with Crippen LogP contribution in [0, 0.1) is 5.92 Å². The number of fused-ring (bicyclic) bond motifs is 1. The molecule has 2 saturated heterocycles. The lowest BCUT2D eigenvalue weighted by Crippen LogP contribution is -2.53. The monoisotopic (exact) mass is 508 g/mol. The number of ether oxygens (including phenoxy) is 1. The highest BCUT2D eigenvalue weighted by molar-refractivity contribution is 6.58. The van der Waals surface area contributed by atoms with Crippen molar-refractivity contribution in [3.05, 3.63) is 42.2 Å². The quantitative estimate of drug-likeness (QED) is 0.488. The fraction of sp³-hybridized carbons (Fsp3) is 0.519. The van der Waals surface area contributed by atoms with Crippen molar-refractivity contribution in [3.8, 4) is 0 Å². The van der Waals surface area contributed by atoms with Gasteiger partial charge in [0.15, 0.2) is 0 Å². The molecule has 2 aliphatic heterocycles. The largest absolute Gasteiger partial charge is 0.396 e. The summed E-state index contributed by atoms with van der Waals surface area (Å²) in [5, 5.41) is 3.77. The Kier molecular flexibility index (Phi) is 7.33. The molecule has 4 heterocycles. The fourth-order valence-corrected chi connectivity index (χ4v) is 5.35. The summed E-state index contributed by atoms with van der Waals surface area (Å²) >= 11 is 0. The Bertz CT molecular complexity index is 1310. The number of piperidine rings is 1. The molecule has 6 radical (unpaired) electrons. The van der Waals surface area contributed by atoms with Gasteiger partial charge in [-0.25, -0.2) is 14.4 Å². The van der Waals surface area contributed by atoms with Crippen LogP contribution in [0.2, 0.25) is 0 Å². The molecule has 5 rings (SSSR count). The zero-order valence-electron chi connectivity index (χ0n) is 22.4. The predicted octanol–water partition coefficient (Wildman–Crippen LogP) is 3.79. The third kappa shape index (κ3) is 5.49. The first-order valence-electron chi connectivity index (χ1n) is 13.2. The minimum absolute atomic E-state index is 0.0481. The van der Waals surface area contributed by atoms with E-state index in [1.807, 2.05) is 6.20 Å². The van der Waals surface area contributed by atoms with Crippen LogP contribution in [0.4, 0.5) is 27.7 Å². The highest BCUT2D eigenvalue weighted by Gasteiger charge is 2.34. The molecule has 11 heteroatoms. The molecule has 4 atom stereocenters. The molecule has 3 aromatic rings. The van der Waals surface area contributed by atoms with Crippen LogP contribution in [0.1, 0.15) is 45.6 Å². The number of halogens is 1. The van der Waals surface area contributed by atoms with Crippen molar-refractivity contribution in [2.45, 2.75) is 63.7 Å². The molecule has 0 bridgehead atoms. The summed E-state index contributed by atoms with van der Waals surface area (Å²) in [6.45, 7) is 10.5. The lowest BCUT2D eigenvalue weighted by molar-refractivity contribution is -0.0185. The van der Waals surface area contributed by atoms with Crippen LogP contribution in [0.15, 0.2) is 36.7 Å². The number of anilines is 4. The molecular formula is C27H32B3FN6O. The summed E-state index contributed by atoms with van der Waals surface area (Å²) in [6, 6.07) is 8.82. The lowest BCUT2D eigenvalue weighted by Gasteiger charge is -2.47. The summed E-state index contributed by atoms with van der Waals surface area (Å²) in [7, 11) is 16.5. The van der Waals surface area contributed by atoms with Gasteiger partial charge in [0, 0.05) is 42.6 Å². The standard InChI is InChI=1S/C27H32B3FN6O/c1-15(2)18-5-6-22(37-13-16(3)17(37)4)20-12-33-25(11-19(18)20)34-24-7-9-32-26(35-24)36-10-8-23(21(31)14-36)38-27(28,29)30/h5-7,9,11-12,15-17,21,23H,8,10,13-14H2,1-4H3,(H,32,33,34,35)/t16-,17+,21+,23-/m0/s1. The van der Waals surface area contributed by atoms with E-state index in [4.69, 9.17) is 33.3 Å². The van der Waals surface area contributed by atoms with E-state index >= 15 is 0 Å². The van der Waals surface area contributed by atoms with Gasteiger partial charge in [0.2, 0.25) is 5.95 Å². The van der Waals surface area contributed by atoms with Gasteiger partial charge in [-0.1, -0.05) is 26.8 Å². The first-order chi connectivity index (χ1) is 18.0. The van der Waals surface area contributed by atoms with E-state index in [-0.39, 0.29) is 6.54 Å². The lowest BCUT2D eigenvalue weighted by atomic mass is 9.52. The third-order valence-electron chi connectivity index (χ3n) is 7.66. The number of nitrogens with zero attached hydrogens (tertiary/aromatic N) is 5. The van der Waals surface area contributed by atoms with Crippen LogP contribution < -0.4 is 15.1 Å². The van der Waals surface area contributed by atoms with E-state index in [0.717, 1.165) is 11.9 Å². The number of hydrogen-bond acceptors (Lipinski definition) is 7. The van der Waals surface area contributed by atoms with Gasteiger partial charge in [-0.15, -0.1) is 0 Å². The van der Waals surface area contributed by atoms with Crippen LogP contribution in [-0.4, -0.2) is 81.7 Å². The summed E-state index contributed by atoms with van der Waals surface area (Å²) in [5.41, 5.74) is 2.50. The molecule has 1 N–H and O–H groups in total. The van der Waals surface area contributed by atoms with E-state index in [1.54, 1.807) is 17.2 Å². The molecule has 0 aliphatic carbocycles. The van der Waals surface area contributed by atoms with Crippen molar-refractivity contribution < 1.29 is 9.13 Å². The predicted molar refractivity (Wildman–Crippen MR) is 154 cm³/mol. The molecule has 1 aromatic carbocycles. The molecule has 7 nitrogen and oxygen atoms in total. The van der Waals surface area contributed by atoms with E-state index in [0.29, 0.717) is 48.4 Å². The smallest absolute Gasteiger partial charge is 0.227 e. The Morgan fingerprint density at radius 3 is 2.53 bits per heavy atom. The molecule has 0 amide bonds. The normalized spacial score (nSPS) is 24.1. The average Bonchev–Trinajstić information content (AvgIpc) is 2.87. The Morgan fingerprint density at radius 2 is 1.87 bits per heavy atom. The minimum Gasteiger partial charge on any atom is -0.396 e. The Labute approximate surface area is 228 Å². The number of nitrogens with one attached hydrogen (secondary N) is 1. The molecule has 192 valence electrons. The van der Waals surface area contributed by atoms with Crippen LogP contribution in [0.5, 0.6) is 0 Å². The molecular weight excluding hydrogens is 476 g/mol. The van der Waals surface area contributed by atoms with E-state index < -0.39 is 17.6 Å². The second kappa shape index (κ2) is 10.4. The minimum atomic E-state index is -1.87. The molecule has 38 heavy (non-hydrogen) atoms. The number of aromatic nitrogens is 3. The summed E-state index contributed by atoms with van der Waals surface area (Å²) in [4.78, 5) is 17.9. The van der Waals surface area contributed by atoms with Crippen molar-refractivity contribution in [2.24, 2.45) is 5.92 Å². The van der Waals surface area contributed by atoms with Crippen LogP contribution >= 0.6 is 0 Å². The molecule has 0 unspecified atom stereocenters. The van der Waals surface area contributed by atoms with Crippen molar-refractivity contribution in [3.63, 3.8) is 0 Å². The van der Waals surface area contributed by atoms with Gasteiger partial charge in [0.05, 0.1) is 36.2 Å². The first-order valence-corrected chi connectivity index (χ1v) is 13.2. The van der Waals surface area contributed by atoms with Gasteiger partial charge in [0.25, 0.3) is 0 Å². The fourth-order valence-electron chi connectivity index (χ4n) is 5.35. The van der Waals surface area contributed by atoms with Crippen LogP contribution in [0.25, 0.3) is 10.8 Å². The van der Waals surface area contributed by atoms with Gasteiger partial charge >= 0.3 is 0 Å². The van der Waals surface area contributed by atoms with Gasteiger partial charge in [0.1, 0.15) is 17.8 Å². The first kappa shape index (κ1) is 26.8. The zero-order chi connectivity index (χ0) is 27.2. The highest BCUT2D eigenvalue weighted by Crippen LogP contribution is 2.39. The summed E-state index contributed by atoms with van der Waals surface area (Å²) in [6.07, 6.45) is 1.84. The molecule has 2 fully saturated rings. The SMILES string of the molecule is [B]C([B])([B])O[C@H]1CCN(c2nccc(Nc3cc4c(C(C)C)ccc(N5C[C@H](C)[C@H]5C)c4cn3)n2)C[C@H]1F. The maximum absolute atomic E-state index is 14.8. The Morgan fingerprint density at radius 1 is 1.08 bits per heavy atom. The topological polar surface area (TPSA) is 66.4 Å². The van der Waals surface area contributed by atoms with Crippen molar-refractivity contribution in [1.82, 2.24) is 15.0 Å². The summed E-state index contributed by atoms with van der Waals surface area (Å²) in [5.74, 6) is 2.73. The number of rotatable bonds is 7. The zero-order valence-corrected chi connectivity index (χ0v) is 22.4. The second-order valence-corrected chi connectivity index (χ2v) is 10.9. The van der Waals surface area contributed by atoms with E-state index in [1.165, 1.54) is 16.6 Å². The van der Waals surface area contributed by atoms with Gasteiger partial charge in [-0.3, -0.25) is 0 Å². The van der Waals surface area contributed by atoms with Gasteiger partial charge < -0.3 is 19.9 Å². The molecule has 2 aromatic heterocycles. The van der Waals surface area contributed by atoms with Gasteiger partial charge in [-0.2, -0.15) is 4.98 Å².